The zero-order valence-corrected chi connectivity index (χ0v) is 15.4. The second-order valence-corrected chi connectivity index (χ2v) is 6.11. The summed E-state index contributed by atoms with van der Waals surface area (Å²) < 4.78 is 5.34. The molecule has 25 heavy (non-hydrogen) atoms. The standard InChI is InChI=1S/C18H18Cl2N2O3/c1-3-25-14-7-4-12(5-8-14)18(24)22(2)11-17(23)21-13-6-9-15(19)16(20)10-13/h4-10H,3,11H2,1-2H3,(H,21,23). The fourth-order valence-corrected chi connectivity index (χ4v) is 2.44. The Balaban J connectivity index is 1.95. The number of likely N-dealkylation sites (N-methyl/N-ethyl adjacent to an activating group) is 1. The van der Waals surface area contributed by atoms with Gasteiger partial charge in [-0.2, -0.15) is 0 Å². The molecule has 132 valence electrons. The highest BCUT2D eigenvalue weighted by molar-refractivity contribution is 6.42. The van der Waals surface area contributed by atoms with Gasteiger partial charge in [-0.1, -0.05) is 23.2 Å². The van der Waals surface area contributed by atoms with E-state index in [0.29, 0.717) is 33.7 Å². The van der Waals surface area contributed by atoms with Crippen molar-refractivity contribution in [1.82, 2.24) is 4.90 Å². The van der Waals surface area contributed by atoms with Crippen molar-refractivity contribution in [2.45, 2.75) is 6.92 Å². The largest absolute Gasteiger partial charge is 0.494 e. The summed E-state index contributed by atoms with van der Waals surface area (Å²) in [6.45, 7) is 2.35. The number of nitrogens with zero attached hydrogens (tertiary/aromatic N) is 1. The fraction of sp³-hybridized carbons (Fsp3) is 0.222. The van der Waals surface area contributed by atoms with Crippen LogP contribution in [0, 0.1) is 0 Å². The average Bonchev–Trinajstić information content (AvgIpc) is 2.58. The van der Waals surface area contributed by atoms with Gasteiger partial charge in [-0.3, -0.25) is 9.59 Å². The lowest BCUT2D eigenvalue weighted by Crippen LogP contribution is -2.34. The molecule has 1 N–H and O–H groups in total. The van der Waals surface area contributed by atoms with Crippen LogP contribution in [0.3, 0.4) is 0 Å². The zero-order chi connectivity index (χ0) is 18.4. The summed E-state index contributed by atoms with van der Waals surface area (Å²) in [7, 11) is 1.56. The van der Waals surface area contributed by atoms with E-state index in [1.54, 1.807) is 49.5 Å². The first-order chi connectivity index (χ1) is 11.9. The van der Waals surface area contributed by atoms with Gasteiger partial charge < -0.3 is 15.0 Å². The van der Waals surface area contributed by atoms with E-state index in [9.17, 15) is 9.59 Å². The van der Waals surface area contributed by atoms with Crippen molar-refractivity contribution in [3.05, 3.63) is 58.1 Å². The number of benzene rings is 2. The monoisotopic (exact) mass is 380 g/mol. The summed E-state index contributed by atoms with van der Waals surface area (Å²) in [6.07, 6.45) is 0. The second-order valence-electron chi connectivity index (χ2n) is 5.30. The molecule has 2 aromatic carbocycles. The van der Waals surface area contributed by atoms with Crippen LogP contribution >= 0.6 is 23.2 Å². The Labute approximate surface area is 156 Å². The molecule has 0 aliphatic carbocycles. The Kier molecular flexibility index (Phi) is 6.67. The maximum Gasteiger partial charge on any atom is 0.254 e. The molecule has 0 spiro atoms. The van der Waals surface area contributed by atoms with Crippen LogP contribution in [0.1, 0.15) is 17.3 Å². The Hall–Kier alpha value is -2.24. The molecule has 0 atom stereocenters. The van der Waals surface area contributed by atoms with Crippen molar-refractivity contribution in [2.24, 2.45) is 0 Å². The molecule has 0 saturated heterocycles. The van der Waals surface area contributed by atoms with Gasteiger partial charge in [0.2, 0.25) is 5.91 Å². The Morgan fingerprint density at radius 3 is 2.36 bits per heavy atom. The average molecular weight is 381 g/mol. The third-order valence-electron chi connectivity index (χ3n) is 3.34. The van der Waals surface area contributed by atoms with E-state index in [-0.39, 0.29) is 18.4 Å². The van der Waals surface area contributed by atoms with Crippen LogP contribution < -0.4 is 10.1 Å². The number of carbonyl (C=O) groups is 2. The van der Waals surface area contributed by atoms with Crippen molar-refractivity contribution in [3.63, 3.8) is 0 Å². The zero-order valence-electron chi connectivity index (χ0n) is 13.9. The highest BCUT2D eigenvalue weighted by atomic mass is 35.5. The topological polar surface area (TPSA) is 58.6 Å². The predicted molar refractivity (Wildman–Crippen MR) is 99.7 cm³/mol. The molecule has 0 saturated carbocycles. The second kappa shape index (κ2) is 8.74. The number of amides is 2. The minimum Gasteiger partial charge on any atom is -0.494 e. The van der Waals surface area contributed by atoms with Crippen molar-refractivity contribution in [3.8, 4) is 5.75 Å². The molecular weight excluding hydrogens is 363 g/mol. The molecule has 0 aliphatic heterocycles. The Morgan fingerprint density at radius 1 is 1.08 bits per heavy atom. The molecule has 2 aromatic rings. The van der Waals surface area contributed by atoms with Gasteiger partial charge in [0, 0.05) is 18.3 Å². The van der Waals surface area contributed by atoms with Crippen LogP contribution in [0.5, 0.6) is 5.75 Å². The molecular formula is C18H18Cl2N2O3. The number of hydrogen-bond donors (Lipinski definition) is 1. The number of halogens is 2. The van der Waals surface area contributed by atoms with Crippen LogP contribution in [-0.4, -0.2) is 36.9 Å². The van der Waals surface area contributed by atoms with Crippen molar-refractivity contribution in [1.29, 1.82) is 0 Å². The van der Waals surface area contributed by atoms with Crippen molar-refractivity contribution < 1.29 is 14.3 Å². The van der Waals surface area contributed by atoms with E-state index in [4.69, 9.17) is 27.9 Å². The molecule has 0 aliphatic rings. The lowest BCUT2D eigenvalue weighted by Gasteiger charge is -2.17. The minimum absolute atomic E-state index is 0.0910. The van der Waals surface area contributed by atoms with Gasteiger partial charge in [-0.15, -0.1) is 0 Å². The molecule has 0 heterocycles. The normalized spacial score (nSPS) is 10.2. The number of ether oxygens (including phenoxy) is 1. The van der Waals surface area contributed by atoms with E-state index < -0.39 is 0 Å². The molecule has 5 nitrogen and oxygen atoms in total. The summed E-state index contributed by atoms with van der Waals surface area (Å²) in [6, 6.07) is 11.6. The third kappa shape index (κ3) is 5.37. The smallest absolute Gasteiger partial charge is 0.254 e. The molecule has 2 amide bonds. The molecule has 7 heteroatoms. The lowest BCUT2D eigenvalue weighted by atomic mass is 10.2. The maximum absolute atomic E-state index is 12.4. The van der Waals surface area contributed by atoms with Gasteiger partial charge in [0.15, 0.2) is 0 Å². The van der Waals surface area contributed by atoms with E-state index in [1.807, 2.05) is 6.92 Å². The Bertz CT molecular complexity index is 763. The van der Waals surface area contributed by atoms with Gasteiger partial charge in [-0.05, 0) is 49.4 Å². The first kappa shape index (κ1) is 19.1. The first-order valence-electron chi connectivity index (χ1n) is 7.64. The first-order valence-corrected chi connectivity index (χ1v) is 8.39. The Morgan fingerprint density at radius 2 is 1.76 bits per heavy atom. The van der Waals surface area contributed by atoms with Crippen molar-refractivity contribution >= 4 is 40.7 Å². The third-order valence-corrected chi connectivity index (χ3v) is 4.08. The number of carbonyl (C=O) groups excluding carboxylic acids is 2. The highest BCUT2D eigenvalue weighted by Gasteiger charge is 2.15. The van der Waals surface area contributed by atoms with Gasteiger partial charge >= 0.3 is 0 Å². The van der Waals surface area contributed by atoms with Gasteiger partial charge in [0.25, 0.3) is 5.91 Å². The molecule has 0 unspecified atom stereocenters. The molecule has 0 bridgehead atoms. The highest BCUT2D eigenvalue weighted by Crippen LogP contribution is 2.25. The molecule has 2 rings (SSSR count). The SMILES string of the molecule is CCOc1ccc(C(=O)N(C)CC(=O)Nc2ccc(Cl)c(Cl)c2)cc1. The number of anilines is 1. The van der Waals surface area contributed by atoms with Crippen LogP contribution in [0.4, 0.5) is 5.69 Å². The van der Waals surface area contributed by atoms with Crippen LogP contribution in [0.2, 0.25) is 10.0 Å². The lowest BCUT2D eigenvalue weighted by molar-refractivity contribution is -0.116. The summed E-state index contributed by atoms with van der Waals surface area (Å²) >= 11 is 11.7. The van der Waals surface area contributed by atoms with Crippen LogP contribution in [0.15, 0.2) is 42.5 Å². The minimum atomic E-state index is -0.333. The van der Waals surface area contributed by atoms with Gasteiger partial charge in [-0.25, -0.2) is 0 Å². The van der Waals surface area contributed by atoms with Gasteiger partial charge in [0.1, 0.15) is 5.75 Å². The summed E-state index contributed by atoms with van der Waals surface area (Å²) in [4.78, 5) is 25.8. The van der Waals surface area contributed by atoms with E-state index in [2.05, 4.69) is 5.32 Å². The predicted octanol–water partition coefficient (Wildman–Crippen LogP) is 4.10. The van der Waals surface area contributed by atoms with Crippen LogP contribution in [-0.2, 0) is 4.79 Å². The van der Waals surface area contributed by atoms with Crippen molar-refractivity contribution in [2.75, 3.05) is 25.5 Å². The van der Waals surface area contributed by atoms with E-state index >= 15 is 0 Å². The molecule has 0 fully saturated rings. The molecule has 0 radical (unpaired) electrons. The molecule has 0 aromatic heterocycles. The van der Waals surface area contributed by atoms with Crippen LogP contribution in [0.25, 0.3) is 0 Å². The fourth-order valence-electron chi connectivity index (χ4n) is 2.14. The van der Waals surface area contributed by atoms with E-state index in [1.165, 1.54) is 4.90 Å². The number of rotatable bonds is 6. The maximum atomic E-state index is 12.4. The summed E-state index contributed by atoms with van der Waals surface area (Å²) in [5, 5.41) is 3.43. The quantitative estimate of drug-likeness (QED) is 0.820. The number of hydrogen-bond acceptors (Lipinski definition) is 3. The van der Waals surface area contributed by atoms with E-state index in [0.717, 1.165) is 0 Å². The summed E-state index contributed by atoms with van der Waals surface area (Å²) in [5.74, 6) is 0.103. The summed E-state index contributed by atoms with van der Waals surface area (Å²) in [5.41, 5.74) is 0.995. The van der Waals surface area contributed by atoms with Gasteiger partial charge in [0.05, 0.1) is 23.2 Å². The number of nitrogens with one attached hydrogen (secondary N) is 1.